The smallest absolute Gasteiger partial charge is 0.329 e. The number of thioether (sulfide) groups is 2. The van der Waals surface area contributed by atoms with Crippen LogP contribution in [0.2, 0.25) is 0 Å². The van der Waals surface area contributed by atoms with E-state index in [2.05, 4.69) is 5.32 Å². The van der Waals surface area contributed by atoms with Crippen LogP contribution in [0.4, 0.5) is 0 Å². The van der Waals surface area contributed by atoms with Crippen molar-refractivity contribution in [1.29, 1.82) is 0 Å². The van der Waals surface area contributed by atoms with Crippen molar-refractivity contribution in [2.45, 2.75) is 43.9 Å². The monoisotopic (exact) mass is 291 g/mol. The van der Waals surface area contributed by atoms with E-state index in [4.69, 9.17) is 0 Å². The summed E-state index contributed by atoms with van der Waals surface area (Å²) in [6, 6.07) is 0. The zero-order chi connectivity index (χ0) is 13.6. The number of nitrogens with one attached hydrogen (secondary N) is 1. The predicted molar refractivity (Wildman–Crippen MR) is 77.3 cm³/mol. The third-order valence-electron chi connectivity index (χ3n) is 2.94. The number of hydrogen-bond acceptors (Lipinski definition) is 4. The molecule has 0 aromatic rings. The van der Waals surface area contributed by atoms with Gasteiger partial charge in [-0.15, -0.1) is 0 Å². The Bertz CT molecular complexity index is 306. The predicted octanol–water partition coefficient (Wildman–Crippen LogP) is 1.98. The lowest BCUT2D eigenvalue weighted by Gasteiger charge is -2.27. The third-order valence-corrected chi connectivity index (χ3v) is 5.78. The molecule has 0 radical (unpaired) electrons. The zero-order valence-electron chi connectivity index (χ0n) is 10.9. The van der Waals surface area contributed by atoms with E-state index in [1.807, 2.05) is 30.4 Å². The minimum atomic E-state index is -1.13. The van der Waals surface area contributed by atoms with Gasteiger partial charge in [-0.2, -0.15) is 23.5 Å². The number of aliphatic carboxylic acids is 1. The summed E-state index contributed by atoms with van der Waals surface area (Å²) in [4.78, 5) is 23.1. The normalized spacial score (nSPS) is 23.1. The van der Waals surface area contributed by atoms with Crippen LogP contribution in [0.3, 0.4) is 0 Å². The molecule has 1 saturated heterocycles. The fraction of sp³-hybridized carbons (Fsp3) is 0.833. The van der Waals surface area contributed by atoms with E-state index in [1.54, 1.807) is 6.92 Å². The van der Waals surface area contributed by atoms with Gasteiger partial charge in [0.15, 0.2) is 0 Å². The maximum absolute atomic E-state index is 11.9. The molecule has 2 unspecified atom stereocenters. The quantitative estimate of drug-likeness (QED) is 0.783. The molecule has 1 amide bonds. The van der Waals surface area contributed by atoms with Crippen molar-refractivity contribution in [3.8, 4) is 0 Å². The second kappa shape index (κ2) is 7.28. The van der Waals surface area contributed by atoms with Gasteiger partial charge in [0.05, 0.1) is 0 Å². The van der Waals surface area contributed by atoms with Crippen molar-refractivity contribution in [3.63, 3.8) is 0 Å². The molecule has 104 valence electrons. The Kier molecular flexibility index (Phi) is 6.35. The first-order chi connectivity index (χ1) is 8.48. The molecule has 0 aromatic carbocycles. The van der Waals surface area contributed by atoms with Crippen LogP contribution < -0.4 is 5.32 Å². The Balaban J connectivity index is 2.48. The Morgan fingerprint density at radius 3 is 2.67 bits per heavy atom. The van der Waals surface area contributed by atoms with Crippen molar-refractivity contribution >= 4 is 35.4 Å². The molecule has 18 heavy (non-hydrogen) atoms. The van der Waals surface area contributed by atoms with Crippen LogP contribution in [0.25, 0.3) is 0 Å². The number of hydrogen-bond donors (Lipinski definition) is 2. The molecule has 1 aliphatic heterocycles. The summed E-state index contributed by atoms with van der Waals surface area (Å²) in [7, 11) is 0. The molecule has 4 nitrogen and oxygen atoms in total. The number of carboxylic acids is 1. The molecule has 0 aromatic heterocycles. The molecule has 0 spiro atoms. The van der Waals surface area contributed by atoms with Crippen molar-refractivity contribution in [2.75, 3.05) is 17.3 Å². The van der Waals surface area contributed by atoms with Crippen LogP contribution in [-0.2, 0) is 9.59 Å². The Morgan fingerprint density at radius 2 is 2.17 bits per heavy atom. The van der Waals surface area contributed by atoms with E-state index in [0.29, 0.717) is 18.1 Å². The summed E-state index contributed by atoms with van der Waals surface area (Å²) in [5, 5.41) is 12.2. The van der Waals surface area contributed by atoms with Gasteiger partial charge in [-0.1, -0.05) is 13.3 Å². The lowest BCUT2D eigenvalue weighted by Crippen LogP contribution is -2.52. The molecule has 6 heteroatoms. The van der Waals surface area contributed by atoms with Crippen LogP contribution >= 0.6 is 23.5 Å². The Hall–Kier alpha value is -0.360. The average Bonchev–Trinajstić information content (AvgIpc) is 2.30. The first kappa shape index (κ1) is 15.7. The maximum Gasteiger partial charge on any atom is 0.329 e. The first-order valence-electron chi connectivity index (χ1n) is 6.21. The van der Waals surface area contributed by atoms with Gasteiger partial charge in [0.2, 0.25) is 5.91 Å². The van der Waals surface area contributed by atoms with Crippen molar-refractivity contribution in [1.82, 2.24) is 5.32 Å². The minimum Gasteiger partial charge on any atom is -0.480 e. The summed E-state index contributed by atoms with van der Waals surface area (Å²) < 4.78 is 0. The van der Waals surface area contributed by atoms with E-state index in [-0.39, 0.29) is 5.91 Å². The summed E-state index contributed by atoms with van der Waals surface area (Å²) in [6.07, 6.45) is 1.61. The van der Waals surface area contributed by atoms with Crippen LogP contribution in [0.5, 0.6) is 0 Å². The molecule has 1 heterocycles. The molecule has 1 fully saturated rings. The second-order valence-corrected chi connectivity index (χ2v) is 7.27. The molecular weight excluding hydrogens is 270 g/mol. The molecular formula is C12H21NO3S2. The topological polar surface area (TPSA) is 66.4 Å². The van der Waals surface area contributed by atoms with Gasteiger partial charge < -0.3 is 10.4 Å². The molecule has 0 aliphatic carbocycles. The van der Waals surface area contributed by atoms with Crippen LogP contribution in [0, 0.1) is 0 Å². The van der Waals surface area contributed by atoms with Crippen LogP contribution in [0.15, 0.2) is 0 Å². The molecule has 2 N–H and O–H groups in total. The van der Waals surface area contributed by atoms with E-state index in [9.17, 15) is 14.7 Å². The van der Waals surface area contributed by atoms with Gasteiger partial charge in [0.25, 0.3) is 0 Å². The van der Waals surface area contributed by atoms with Gasteiger partial charge >= 0.3 is 5.97 Å². The number of carbonyl (C=O) groups is 2. The number of amides is 1. The first-order valence-corrected chi connectivity index (χ1v) is 8.42. The summed E-state index contributed by atoms with van der Waals surface area (Å²) >= 11 is 3.67. The SMILES string of the molecule is CCCC(C)(NC(=O)CC1CSCCS1)C(=O)O. The third kappa shape index (κ3) is 4.72. The van der Waals surface area contributed by atoms with Gasteiger partial charge in [0.1, 0.15) is 5.54 Å². The lowest BCUT2D eigenvalue weighted by atomic mass is 9.96. The Labute approximate surface area is 117 Å². The molecule has 0 saturated carbocycles. The van der Waals surface area contributed by atoms with E-state index in [1.165, 1.54) is 0 Å². The standard InChI is InChI=1S/C12H21NO3S2/c1-3-4-12(2,11(15)16)13-10(14)7-9-8-17-5-6-18-9/h9H,3-8H2,1-2H3,(H,13,14)(H,15,16). The van der Waals surface area contributed by atoms with E-state index >= 15 is 0 Å². The van der Waals surface area contributed by atoms with Crippen molar-refractivity contribution in [3.05, 3.63) is 0 Å². The summed E-state index contributed by atoms with van der Waals surface area (Å²) in [6.45, 7) is 3.50. The fourth-order valence-corrected chi connectivity index (χ4v) is 4.62. The highest BCUT2D eigenvalue weighted by molar-refractivity contribution is 8.06. The lowest BCUT2D eigenvalue weighted by molar-refractivity contribution is -0.147. The van der Waals surface area contributed by atoms with Crippen molar-refractivity contribution in [2.24, 2.45) is 0 Å². The van der Waals surface area contributed by atoms with Crippen LogP contribution in [0.1, 0.15) is 33.1 Å². The highest BCUT2D eigenvalue weighted by Gasteiger charge is 2.34. The minimum absolute atomic E-state index is 0.145. The number of carbonyl (C=O) groups excluding carboxylic acids is 1. The highest BCUT2D eigenvalue weighted by Crippen LogP contribution is 2.26. The summed E-state index contributed by atoms with van der Waals surface area (Å²) in [5.74, 6) is 2.10. The number of carboxylic acid groups (broad SMARTS) is 1. The highest BCUT2D eigenvalue weighted by atomic mass is 32.2. The number of rotatable bonds is 6. The van der Waals surface area contributed by atoms with Gasteiger partial charge in [-0.25, -0.2) is 4.79 Å². The van der Waals surface area contributed by atoms with Gasteiger partial charge in [-0.05, 0) is 13.3 Å². The maximum atomic E-state index is 11.9. The van der Waals surface area contributed by atoms with E-state index in [0.717, 1.165) is 23.7 Å². The molecule has 1 aliphatic rings. The average molecular weight is 291 g/mol. The fourth-order valence-electron chi connectivity index (χ4n) is 1.94. The molecule has 0 bridgehead atoms. The van der Waals surface area contributed by atoms with Gasteiger partial charge in [-0.3, -0.25) is 4.79 Å². The van der Waals surface area contributed by atoms with Crippen molar-refractivity contribution < 1.29 is 14.7 Å². The zero-order valence-corrected chi connectivity index (χ0v) is 12.5. The van der Waals surface area contributed by atoms with Crippen LogP contribution in [-0.4, -0.2) is 45.0 Å². The van der Waals surface area contributed by atoms with E-state index < -0.39 is 11.5 Å². The summed E-state index contributed by atoms with van der Waals surface area (Å²) in [5.41, 5.74) is -1.13. The molecule has 2 atom stereocenters. The van der Waals surface area contributed by atoms with Gasteiger partial charge in [0, 0.05) is 28.9 Å². The molecule has 1 rings (SSSR count). The Morgan fingerprint density at radius 1 is 1.44 bits per heavy atom. The second-order valence-electron chi connectivity index (χ2n) is 4.71. The largest absolute Gasteiger partial charge is 0.480 e.